The summed E-state index contributed by atoms with van der Waals surface area (Å²) < 4.78 is 5.05. The molecule has 3 fully saturated rings. The largest absolute Gasteiger partial charge is 0.462 e. The number of carbonyl (C=O) groups excluding carboxylic acids is 2. The molecule has 0 aromatic heterocycles. The molecular formula is C23H26N2O3. The normalized spacial score (nSPS) is 25.1. The number of nitrogens with one attached hydrogen (secondary N) is 2. The van der Waals surface area contributed by atoms with Crippen LogP contribution in [0.2, 0.25) is 0 Å². The van der Waals surface area contributed by atoms with Gasteiger partial charge in [0.25, 0.3) is 5.91 Å². The highest BCUT2D eigenvalue weighted by Gasteiger charge is 2.55. The van der Waals surface area contributed by atoms with Gasteiger partial charge < -0.3 is 15.4 Å². The van der Waals surface area contributed by atoms with Crippen molar-refractivity contribution >= 4 is 11.9 Å². The van der Waals surface area contributed by atoms with E-state index >= 15 is 0 Å². The Balaban J connectivity index is 1.34. The number of carbonyl (C=O) groups is 2. The van der Waals surface area contributed by atoms with Crippen molar-refractivity contribution < 1.29 is 14.3 Å². The van der Waals surface area contributed by atoms with E-state index < -0.39 is 0 Å². The van der Waals surface area contributed by atoms with Crippen LogP contribution in [0.25, 0.3) is 0 Å². The Kier molecular flexibility index (Phi) is 3.90. The minimum Gasteiger partial charge on any atom is -0.462 e. The summed E-state index contributed by atoms with van der Waals surface area (Å²) in [5, 5.41) is 6.82. The van der Waals surface area contributed by atoms with Crippen molar-refractivity contribution in [2.75, 3.05) is 13.2 Å². The molecule has 2 saturated carbocycles. The molecule has 1 aliphatic heterocycles. The zero-order valence-electron chi connectivity index (χ0n) is 16.2. The highest BCUT2D eigenvalue weighted by atomic mass is 16.5. The minimum atomic E-state index is -0.311. The van der Waals surface area contributed by atoms with Crippen LogP contribution in [0.1, 0.15) is 54.9 Å². The molecule has 146 valence electrons. The lowest BCUT2D eigenvalue weighted by Gasteiger charge is -2.24. The quantitative estimate of drug-likeness (QED) is 0.773. The van der Waals surface area contributed by atoms with Gasteiger partial charge in [0.15, 0.2) is 0 Å². The molecule has 1 unspecified atom stereocenters. The van der Waals surface area contributed by atoms with E-state index in [9.17, 15) is 9.59 Å². The van der Waals surface area contributed by atoms with Crippen LogP contribution in [0, 0.1) is 11.3 Å². The van der Waals surface area contributed by atoms with Crippen LogP contribution in [0.4, 0.5) is 0 Å². The monoisotopic (exact) mass is 378 g/mol. The van der Waals surface area contributed by atoms with Gasteiger partial charge in [0, 0.05) is 18.2 Å². The van der Waals surface area contributed by atoms with Gasteiger partial charge in [-0.1, -0.05) is 24.3 Å². The summed E-state index contributed by atoms with van der Waals surface area (Å²) in [6.07, 6.45) is 9.56. The first kappa shape index (κ1) is 17.5. The predicted molar refractivity (Wildman–Crippen MR) is 105 cm³/mol. The second kappa shape index (κ2) is 6.23. The molecule has 5 rings (SSSR count). The average Bonchev–Trinajstić information content (AvgIpc) is 3.61. The molecule has 1 amide bonds. The summed E-state index contributed by atoms with van der Waals surface area (Å²) in [5.41, 5.74) is 3.63. The lowest BCUT2D eigenvalue weighted by atomic mass is 9.83. The van der Waals surface area contributed by atoms with E-state index in [1.807, 2.05) is 18.2 Å². The summed E-state index contributed by atoms with van der Waals surface area (Å²) in [5.74, 6) is 0.181. The van der Waals surface area contributed by atoms with Gasteiger partial charge in [-0.2, -0.15) is 0 Å². The second-order valence-electron chi connectivity index (χ2n) is 8.57. The van der Waals surface area contributed by atoms with Crippen LogP contribution in [-0.2, 0) is 15.1 Å². The van der Waals surface area contributed by atoms with Crippen molar-refractivity contribution in [2.45, 2.75) is 44.6 Å². The maximum Gasteiger partial charge on any atom is 0.338 e. The summed E-state index contributed by atoms with van der Waals surface area (Å²) in [6.45, 7) is 3.17. The Morgan fingerprint density at radius 3 is 2.57 bits per heavy atom. The molecule has 5 nitrogen and oxygen atoms in total. The standard InChI is InChI=1S/C23H26N2O3/c1-2-28-21(27)15-6-8-16(9-7-15)23(12-13-23)25-20(26)17-4-3-5-18-19(17)24-14-22(18)10-11-22/h3-4,6-9,18,24H,2,5,10-14H2,1H3,(H,25,26). The SMILES string of the molecule is CCOC(=O)c1ccc(C2(NC(=O)C3=C4NCC5(CC5)C4CC=C3)CC2)cc1. The van der Waals surface area contributed by atoms with Gasteiger partial charge in [-0.25, -0.2) is 4.79 Å². The maximum absolute atomic E-state index is 13.1. The van der Waals surface area contributed by atoms with Gasteiger partial charge in [-0.05, 0) is 62.1 Å². The van der Waals surface area contributed by atoms with Crippen LogP contribution in [0.5, 0.6) is 0 Å². The zero-order valence-corrected chi connectivity index (χ0v) is 16.2. The van der Waals surface area contributed by atoms with E-state index in [2.05, 4.69) is 16.7 Å². The molecule has 1 heterocycles. The fourth-order valence-corrected chi connectivity index (χ4v) is 4.81. The first-order valence-electron chi connectivity index (χ1n) is 10.3. The highest BCUT2D eigenvalue weighted by Crippen LogP contribution is 2.59. The van der Waals surface area contributed by atoms with Crippen molar-refractivity contribution in [3.05, 3.63) is 58.8 Å². The van der Waals surface area contributed by atoms with Crippen LogP contribution < -0.4 is 10.6 Å². The first-order chi connectivity index (χ1) is 13.6. The maximum atomic E-state index is 13.1. The number of ether oxygens (including phenoxy) is 1. The molecule has 1 aromatic carbocycles. The van der Waals surface area contributed by atoms with Crippen LogP contribution in [0.15, 0.2) is 47.7 Å². The van der Waals surface area contributed by atoms with E-state index in [1.54, 1.807) is 19.1 Å². The fourth-order valence-electron chi connectivity index (χ4n) is 4.81. The molecule has 4 aliphatic rings. The molecule has 1 spiro atoms. The van der Waals surface area contributed by atoms with Gasteiger partial charge in [0.05, 0.1) is 23.3 Å². The number of amides is 1. The van der Waals surface area contributed by atoms with E-state index in [-0.39, 0.29) is 17.4 Å². The number of benzene rings is 1. The van der Waals surface area contributed by atoms with Crippen LogP contribution in [0.3, 0.4) is 0 Å². The van der Waals surface area contributed by atoms with Crippen molar-refractivity contribution in [2.24, 2.45) is 11.3 Å². The summed E-state index contributed by atoms with van der Waals surface area (Å²) in [7, 11) is 0. The number of allylic oxidation sites excluding steroid dienone is 2. The molecule has 28 heavy (non-hydrogen) atoms. The van der Waals surface area contributed by atoms with E-state index in [1.165, 1.54) is 12.8 Å². The Labute approximate surface area is 165 Å². The number of fused-ring (bicyclic) bond motifs is 2. The van der Waals surface area contributed by atoms with E-state index in [0.717, 1.165) is 42.6 Å². The third-order valence-corrected chi connectivity index (χ3v) is 6.85. The van der Waals surface area contributed by atoms with Gasteiger partial charge in [0.1, 0.15) is 0 Å². The molecular weight excluding hydrogens is 352 g/mol. The molecule has 0 bridgehead atoms. The first-order valence-corrected chi connectivity index (χ1v) is 10.3. The molecule has 0 radical (unpaired) electrons. The lowest BCUT2D eigenvalue weighted by molar-refractivity contribution is -0.118. The number of rotatable bonds is 5. The smallest absolute Gasteiger partial charge is 0.338 e. The summed E-state index contributed by atoms with van der Waals surface area (Å²) in [6, 6.07) is 7.44. The third-order valence-electron chi connectivity index (χ3n) is 6.85. The number of hydrogen-bond acceptors (Lipinski definition) is 4. The molecule has 1 atom stereocenters. The number of esters is 1. The fraction of sp³-hybridized carbons (Fsp3) is 0.478. The summed E-state index contributed by atoms with van der Waals surface area (Å²) in [4.78, 5) is 25.0. The average molecular weight is 378 g/mol. The number of hydrogen-bond donors (Lipinski definition) is 2. The van der Waals surface area contributed by atoms with Crippen molar-refractivity contribution in [1.82, 2.24) is 10.6 Å². The summed E-state index contributed by atoms with van der Waals surface area (Å²) >= 11 is 0. The Bertz CT molecular complexity index is 889. The minimum absolute atomic E-state index is 0.00752. The molecule has 2 N–H and O–H groups in total. The van der Waals surface area contributed by atoms with Crippen molar-refractivity contribution in [1.29, 1.82) is 0 Å². The van der Waals surface area contributed by atoms with Crippen LogP contribution in [-0.4, -0.2) is 25.0 Å². The Hall–Kier alpha value is -2.56. The molecule has 1 saturated heterocycles. The Morgan fingerprint density at radius 1 is 1.18 bits per heavy atom. The van der Waals surface area contributed by atoms with Gasteiger partial charge in [0.2, 0.25) is 0 Å². The van der Waals surface area contributed by atoms with Gasteiger partial charge in [-0.3, -0.25) is 4.79 Å². The van der Waals surface area contributed by atoms with Gasteiger partial charge in [-0.15, -0.1) is 0 Å². The van der Waals surface area contributed by atoms with E-state index in [0.29, 0.717) is 23.5 Å². The van der Waals surface area contributed by atoms with Crippen molar-refractivity contribution in [3.63, 3.8) is 0 Å². The molecule has 3 aliphatic carbocycles. The molecule has 5 heteroatoms. The van der Waals surface area contributed by atoms with E-state index in [4.69, 9.17) is 4.74 Å². The Morgan fingerprint density at radius 2 is 1.93 bits per heavy atom. The highest BCUT2D eigenvalue weighted by molar-refractivity contribution is 5.98. The topological polar surface area (TPSA) is 67.4 Å². The predicted octanol–water partition coefficient (Wildman–Crippen LogP) is 3.18. The molecule has 1 aromatic rings. The third kappa shape index (κ3) is 2.76. The second-order valence-corrected chi connectivity index (χ2v) is 8.57. The van der Waals surface area contributed by atoms with Crippen molar-refractivity contribution in [3.8, 4) is 0 Å². The van der Waals surface area contributed by atoms with Gasteiger partial charge >= 0.3 is 5.97 Å². The lowest BCUT2D eigenvalue weighted by Crippen LogP contribution is -2.37. The van der Waals surface area contributed by atoms with Crippen LogP contribution >= 0.6 is 0 Å². The zero-order chi connectivity index (χ0) is 19.4.